The van der Waals surface area contributed by atoms with E-state index in [2.05, 4.69) is 9.97 Å². The lowest BCUT2D eigenvalue weighted by atomic mass is 10.1. The number of anilines is 1. The van der Waals surface area contributed by atoms with Crippen molar-refractivity contribution in [1.29, 1.82) is 0 Å². The van der Waals surface area contributed by atoms with E-state index in [1.165, 1.54) is 0 Å². The second kappa shape index (κ2) is 6.48. The van der Waals surface area contributed by atoms with Gasteiger partial charge in [0.15, 0.2) is 0 Å². The maximum Gasteiger partial charge on any atom is 0.346 e. The highest BCUT2D eigenvalue weighted by molar-refractivity contribution is 6.06. The second-order valence-corrected chi connectivity index (χ2v) is 6.05. The zero-order valence-corrected chi connectivity index (χ0v) is 14.2. The molecule has 1 aliphatic heterocycles. The molecule has 2 aromatic carbocycles. The van der Waals surface area contributed by atoms with Gasteiger partial charge in [0.1, 0.15) is 11.4 Å². The Kier molecular flexibility index (Phi) is 4.01. The SMILES string of the molecule is COc1ccc(-c2cc(C(=O)N3CCc4ccccc43)[nH]c(=O)n2)cc1. The molecule has 1 N–H and O–H groups in total. The summed E-state index contributed by atoms with van der Waals surface area (Å²) in [7, 11) is 1.59. The minimum atomic E-state index is -0.547. The van der Waals surface area contributed by atoms with E-state index >= 15 is 0 Å². The summed E-state index contributed by atoms with van der Waals surface area (Å²) in [6.45, 7) is 0.598. The van der Waals surface area contributed by atoms with Gasteiger partial charge in [0.2, 0.25) is 0 Å². The molecule has 0 bridgehead atoms. The van der Waals surface area contributed by atoms with Gasteiger partial charge in [-0.1, -0.05) is 18.2 Å². The van der Waals surface area contributed by atoms with Crippen LogP contribution in [0.4, 0.5) is 5.69 Å². The van der Waals surface area contributed by atoms with Crippen LogP contribution in [0.2, 0.25) is 0 Å². The molecule has 0 saturated carbocycles. The first-order valence-electron chi connectivity index (χ1n) is 8.31. The quantitative estimate of drug-likeness (QED) is 0.790. The maximum absolute atomic E-state index is 13.0. The summed E-state index contributed by atoms with van der Waals surface area (Å²) in [5.41, 5.74) is 2.90. The first-order chi connectivity index (χ1) is 12.7. The highest BCUT2D eigenvalue weighted by Crippen LogP contribution is 2.29. The molecule has 3 aromatic rings. The highest BCUT2D eigenvalue weighted by atomic mass is 16.5. The normalized spacial score (nSPS) is 12.7. The van der Waals surface area contributed by atoms with Crippen LogP contribution in [-0.2, 0) is 6.42 Å². The first-order valence-corrected chi connectivity index (χ1v) is 8.31. The van der Waals surface area contributed by atoms with Gasteiger partial charge in [-0.15, -0.1) is 0 Å². The number of para-hydroxylation sites is 1. The van der Waals surface area contributed by atoms with Crippen LogP contribution in [0.15, 0.2) is 59.4 Å². The average molecular weight is 347 g/mol. The predicted octanol–water partition coefficient (Wildman–Crippen LogP) is 2.65. The lowest BCUT2D eigenvalue weighted by Gasteiger charge is -2.17. The Balaban J connectivity index is 1.70. The number of methoxy groups -OCH3 is 1. The van der Waals surface area contributed by atoms with Gasteiger partial charge in [0.25, 0.3) is 5.91 Å². The van der Waals surface area contributed by atoms with Crippen molar-refractivity contribution < 1.29 is 9.53 Å². The average Bonchev–Trinajstić information content (AvgIpc) is 3.11. The molecule has 0 unspecified atom stereocenters. The fourth-order valence-corrected chi connectivity index (χ4v) is 3.18. The Labute approximate surface area is 150 Å². The number of benzene rings is 2. The molecule has 1 aliphatic rings. The number of hydrogen-bond acceptors (Lipinski definition) is 4. The molecule has 1 amide bonds. The number of fused-ring (bicyclic) bond motifs is 1. The van der Waals surface area contributed by atoms with Gasteiger partial charge >= 0.3 is 5.69 Å². The smallest absolute Gasteiger partial charge is 0.346 e. The summed E-state index contributed by atoms with van der Waals surface area (Å²) in [5, 5.41) is 0. The minimum Gasteiger partial charge on any atom is -0.497 e. The zero-order chi connectivity index (χ0) is 18.1. The molecule has 1 aromatic heterocycles. The molecular formula is C20H17N3O3. The number of nitrogens with one attached hydrogen (secondary N) is 1. The molecule has 0 atom stereocenters. The van der Waals surface area contributed by atoms with Crippen molar-refractivity contribution in [3.63, 3.8) is 0 Å². The number of carbonyl (C=O) groups is 1. The van der Waals surface area contributed by atoms with Crippen LogP contribution >= 0.6 is 0 Å². The van der Waals surface area contributed by atoms with E-state index in [0.717, 1.165) is 23.2 Å². The van der Waals surface area contributed by atoms with Crippen molar-refractivity contribution in [2.45, 2.75) is 6.42 Å². The molecule has 0 aliphatic carbocycles. The second-order valence-electron chi connectivity index (χ2n) is 6.05. The molecule has 6 heteroatoms. The van der Waals surface area contributed by atoms with Crippen molar-refractivity contribution in [2.75, 3.05) is 18.6 Å². The van der Waals surface area contributed by atoms with Crippen LogP contribution in [0.1, 0.15) is 16.1 Å². The van der Waals surface area contributed by atoms with Gasteiger partial charge in [-0.3, -0.25) is 4.79 Å². The Hall–Kier alpha value is -3.41. The number of nitrogens with zero attached hydrogens (tertiary/aromatic N) is 2. The monoisotopic (exact) mass is 347 g/mol. The van der Waals surface area contributed by atoms with Crippen LogP contribution in [0.5, 0.6) is 5.75 Å². The molecule has 130 valence electrons. The number of rotatable bonds is 3. The number of aromatic amines is 1. The van der Waals surface area contributed by atoms with E-state index in [0.29, 0.717) is 18.0 Å². The summed E-state index contributed by atoms with van der Waals surface area (Å²) >= 11 is 0. The van der Waals surface area contributed by atoms with Crippen molar-refractivity contribution in [3.05, 3.63) is 76.3 Å². The summed E-state index contributed by atoms with van der Waals surface area (Å²) in [5.74, 6) is 0.479. The van der Waals surface area contributed by atoms with E-state index < -0.39 is 5.69 Å². The molecule has 0 spiro atoms. The molecule has 0 radical (unpaired) electrons. The Morgan fingerprint density at radius 3 is 2.69 bits per heavy atom. The van der Waals surface area contributed by atoms with Crippen LogP contribution in [-0.4, -0.2) is 29.5 Å². The summed E-state index contributed by atoms with van der Waals surface area (Å²) in [6, 6.07) is 16.6. The van der Waals surface area contributed by atoms with Crippen LogP contribution < -0.4 is 15.3 Å². The molecule has 26 heavy (non-hydrogen) atoms. The number of aromatic nitrogens is 2. The number of carbonyl (C=O) groups excluding carboxylic acids is 1. The zero-order valence-electron chi connectivity index (χ0n) is 14.2. The molecule has 0 fully saturated rings. The number of ether oxygens (including phenoxy) is 1. The Morgan fingerprint density at radius 1 is 1.15 bits per heavy atom. The lowest BCUT2D eigenvalue weighted by Crippen LogP contribution is -2.31. The largest absolute Gasteiger partial charge is 0.497 e. The maximum atomic E-state index is 13.0. The molecule has 2 heterocycles. The fourth-order valence-electron chi connectivity index (χ4n) is 3.18. The van der Waals surface area contributed by atoms with Crippen molar-refractivity contribution in [2.24, 2.45) is 0 Å². The van der Waals surface area contributed by atoms with Gasteiger partial charge in [-0.2, -0.15) is 4.98 Å². The van der Waals surface area contributed by atoms with Gasteiger partial charge in [-0.05, 0) is 48.4 Å². The van der Waals surface area contributed by atoms with Gasteiger partial charge in [0, 0.05) is 17.8 Å². The van der Waals surface area contributed by atoms with Crippen LogP contribution in [0.3, 0.4) is 0 Å². The van der Waals surface area contributed by atoms with Crippen molar-refractivity contribution in [1.82, 2.24) is 9.97 Å². The first kappa shape index (κ1) is 16.1. The minimum absolute atomic E-state index is 0.229. The van der Waals surface area contributed by atoms with Crippen LogP contribution in [0, 0.1) is 0 Å². The van der Waals surface area contributed by atoms with Gasteiger partial charge in [0.05, 0.1) is 12.8 Å². The van der Waals surface area contributed by atoms with Crippen molar-refractivity contribution in [3.8, 4) is 17.0 Å². The van der Waals surface area contributed by atoms with E-state index in [-0.39, 0.29) is 11.6 Å². The third-order valence-electron chi connectivity index (χ3n) is 4.49. The topological polar surface area (TPSA) is 75.3 Å². The third kappa shape index (κ3) is 2.86. The highest BCUT2D eigenvalue weighted by Gasteiger charge is 2.26. The summed E-state index contributed by atoms with van der Waals surface area (Å²) in [6.07, 6.45) is 0.808. The van der Waals surface area contributed by atoms with E-state index in [4.69, 9.17) is 4.74 Å². The molecule has 4 rings (SSSR count). The Morgan fingerprint density at radius 2 is 1.92 bits per heavy atom. The van der Waals surface area contributed by atoms with E-state index in [1.807, 2.05) is 24.3 Å². The van der Waals surface area contributed by atoms with E-state index in [1.54, 1.807) is 42.3 Å². The summed E-state index contributed by atoms with van der Waals surface area (Å²) < 4.78 is 5.14. The molecular weight excluding hydrogens is 330 g/mol. The van der Waals surface area contributed by atoms with E-state index in [9.17, 15) is 9.59 Å². The summed E-state index contributed by atoms with van der Waals surface area (Å²) in [4.78, 5) is 33.2. The lowest BCUT2D eigenvalue weighted by molar-refractivity contribution is 0.0984. The predicted molar refractivity (Wildman–Crippen MR) is 98.7 cm³/mol. The number of H-pyrrole nitrogens is 1. The number of amides is 1. The Bertz CT molecular complexity index is 1020. The molecule has 0 saturated heterocycles. The van der Waals surface area contributed by atoms with Crippen LogP contribution in [0.25, 0.3) is 11.3 Å². The molecule has 6 nitrogen and oxygen atoms in total. The van der Waals surface area contributed by atoms with Gasteiger partial charge in [-0.25, -0.2) is 4.79 Å². The fraction of sp³-hybridized carbons (Fsp3) is 0.150. The van der Waals surface area contributed by atoms with Gasteiger partial charge < -0.3 is 14.6 Å². The number of hydrogen-bond donors (Lipinski definition) is 1. The third-order valence-corrected chi connectivity index (χ3v) is 4.49. The van der Waals surface area contributed by atoms with Crippen molar-refractivity contribution >= 4 is 11.6 Å². The standard InChI is InChI=1S/C20H17N3O3/c1-26-15-8-6-13(7-9-15)16-12-17(22-20(25)21-16)19(24)23-11-10-14-4-2-3-5-18(14)23/h2-9,12H,10-11H2,1H3,(H,21,22,25).